The lowest BCUT2D eigenvalue weighted by Crippen LogP contribution is -2.53. The van der Waals surface area contributed by atoms with E-state index in [0.717, 1.165) is 21.0 Å². The second-order valence-electron chi connectivity index (χ2n) is 10.2. The number of carbonyl (C=O) groups excluding carboxylic acids is 2. The summed E-state index contributed by atoms with van der Waals surface area (Å²) in [6.45, 7) is 3.69. The van der Waals surface area contributed by atoms with Crippen molar-refractivity contribution in [2.75, 3.05) is 24.5 Å². The van der Waals surface area contributed by atoms with Gasteiger partial charge in [-0.05, 0) is 73.5 Å². The average molecular weight is 634 g/mol. The second kappa shape index (κ2) is 14.9. The fourth-order valence-electron chi connectivity index (χ4n) is 4.75. The molecule has 0 saturated carbocycles. The van der Waals surface area contributed by atoms with Crippen LogP contribution in [0.25, 0.3) is 0 Å². The van der Waals surface area contributed by atoms with E-state index in [4.69, 9.17) is 16.3 Å². The molecule has 0 aliphatic heterocycles. The number of sulfonamides is 1. The number of rotatable bonds is 13. The Morgan fingerprint density at radius 2 is 1.50 bits per heavy atom. The maximum absolute atomic E-state index is 14.3. The third-order valence-corrected chi connectivity index (χ3v) is 9.15. The van der Waals surface area contributed by atoms with Gasteiger partial charge in [0.05, 0.1) is 17.2 Å². The number of amides is 2. The van der Waals surface area contributed by atoms with Crippen molar-refractivity contribution in [1.82, 2.24) is 10.2 Å². The summed E-state index contributed by atoms with van der Waals surface area (Å²) in [7, 11) is -2.67. The molecule has 0 aliphatic carbocycles. The molecule has 0 heterocycles. The number of carbonyl (C=O) groups is 2. The Labute approximate surface area is 264 Å². The number of hydrogen-bond acceptors (Lipinski definition) is 5. The standard InChI is InChI=1S/C34H36ClN3O5S/c1-4-43-30-18-16-29(17-19-30)38(44(41,42)31-20-10-25(2)11-21-31)24-33(39)37(23-27-12-14-28(35)15-13-27)32(34(40)36-3)22-26-8-6-5-7-9-26/h5-21,32H,4,22-24H2,1-3H3,(H,36,40)/t32-/m0/s1. The molecule has 4 rings (SSSR count). The van der Waals surface area contributed by atoms with Crippen LogP contribution in [0.1, 0.15) is 23.6 Å². The molecule has 1 N–H and O–H groups in total. The molecule has 0 unspecified atom stereocenters. The van der Waals surface area contributed by atoms with Gasteiger partial charge in [-0.3, -0.25) is 13.9 Å². The molecule has 230 valence electrons. The first-order valence-electron chi connectivity index (χ1n) is 14.2. The van der Waals surface area contributed by atoms with Crippen LogP contribution in [0.2, 0.25) is 5.02 Å². The molecule has 1 atom stereocenters. The van der Waals surface area contributed by atoms with Gasteiger partial charge < -0.3 is 15.0 Å². The van der Waals surface area contributed by atoms with Gasteiger partial charge in [-0.15, -0.1) is 0 Å². The number of nitrogens with zero attached hydrogens (tertiary/aromatic N) is 2. The van der Waals surface area contributed by atoms with Crippen LogP contribution in [0, 0.1) is 6.92 Å². The van der Waals surface area contributed by atoms with Gasteiger partial charge in [-0.25, -0.2) is 8.42 Å². The molecule has 0 aromatic heterocycles. The first-order chi connectivity index (χ1) is 21.1. The molecule has 0 aliphatic rings. The summed E-state index contributed by atoms with van der Waals surface area (Å²) < 4.78 is 34.8. The molecule has 0 bridgehead atoms. The third kappa shape index (κ3) is 8.18. The molecule has 4 aromatic rings. The predicted octanol–water partition coefficient (Wildman–Crippen LogP) is 5.63. The summed E-state index contributed by atoms with van der Waals surface area (Å²) in [5.41, 5.74) is 2.77. The van der Waals surface area contributed by atoms with Crippen LogP contribution in [0.3, 0.4) is 0 Å². The highest BCUT2D eigenvalue weighted by atomic mass is 35.5. The van der Waals surface area contributed by atoms with E-state index in [1.165, 1.54) is 24.1 Å². The van der Waals surface area contributed by atoms with Gasteiger partial charge in [0.1, 0.15) is 18.3 Å². The van der Waals surface area contributed by atoms with E-state index in [9.17, 15) is 18.0 Å². The van der Waals surface area contributed by atoms with Crippen LogP contribution in [-0.2, 0) is 32.6 Å². The number of likely N-dealkylation sites (N-methyl/N-ethyl adjacent to an activating group) is 1. The molecule has 10 heteroatoms. The summed E-state index contributed by atoms with van der Waals surface area (Å²) in [6.07, 6.45) is 0.230. The average Bonchev–Trinajstić information content (AvgIpc) is 3.03. The van der Waals surface area contributed by atoms with Gasteiger partial charge in [0.25, 0.3) is 10.0 Å². The minimum atomic E-state index is -4.19. The van der Waals surface area contributed by atoms with Crippen LogP contribution < -0.4 is 14.4 Å². The van der Waals surface area contributed by atoms with Gasteiger partial charge in [-0.2, -0.15) is 0 Å². The van der Waals surface area contributed by atoms with Crippen molar-refractivity contribution in [1.29, 1.82) is 0 Å². The third-order valence-electron chi connectivity index (χ3n) is 7.11. The maximum atomic E-state index is 14.3. The maximum Gasteiger partial charge on any atom is 0.264 e. The van der Waals surface area contributed by atoms with Gasteiger partial charge in [0, 0.05) is 25.0 Å². The number of aryl methyl sites for hydroxylation is 1. The molecule has 8 nitrogen and oxygen atoms in total. The van der Waals surface area contributed by atoms with E-state index in [1.54, 1.807) is 60.7 Å². The Bertz CT molecular complexity index is 1650. The van der Waals surface area contributed by atoms with E-state index in [-0.39, 0.29) is 29.5 Å². The van der Waals surface area contributed by atoms with Crippen LogP contribution in [0.5, 0.6) is 5.75 Å². The van der Waals surface area contributed by atoms with Crippen molar-refractivity contribution in [3.05, 3.63) is 125 Å². The SMILES string of the molecule is CCOc1ccc(N(CC(=O)N(Cc2ccc(Cl)cc2)[C@@H](Cc2ccccc2)C(=O)NC)S(=O)(=O)c2ccc(C)cc2)cc1. The number of halogens is 1. The highest BCUT2D eigenvalue weighted by Crippen LogP contribution is 2.27. The Morgan fingerprint density at radius 1 is 0.864 bits per heavy atom. The van der Waals surface area contributed by atoms with Crippen molar-refractivity contribution < 1.29 is 22.7 Å². The van der Waals surface area contributed by atoms with E-state index in [2.05, 4.69) is 5.32 Å². The molecule has 0 saturated heterocycles. The molecule has 4 aromatic carbocycles. The summed E-state index contributed by atoms with van der Waals surface area (Å²) in [4.78, 5) is 29.2. The van der Waals surface area contributed by atoms with Crippen LogP contribution in [0.15, 0.2) is 108 Å². The number of nitrogens with one attached hydrogen (secondary N) is 1. The van der Waals surface area contributed by atoms with Crippen LogP contribution in [-0.4, -0.2) is 51.4 Å². The highest BCUT2D eigenvalue weighted by molar-refractivity contribution is 7.92. The number of hydrogen-bond donors (Lipinski definition) is 1. The molecular weight excluding hydrogens is 598 g/mol. The summed E-state index contributed by atoms with van der Waals surface area (Å²) in [6, 6.07) is 28.4. The quantitative estimate of drug-likeness (QED) is 0.206. The summed E-state index contributed by atoms with van der Waals surface area (Å²) >= 11 is 6.11. The minimum absolute atomic E-state index is 0.0428. The molecular formula is C34H36ClN3O5S. The predicted molar refractivity (Wildman–Crippen MR) is 173 cm³/mol. The summed E-state index contributed by atoms with van der Waals surface area (Å²) in [5.74, 6) is -0.346. The van der Waals surface area contributed by atoms with Crippen molar-refractivity contribution in [3.63, 3.8) is 0 Å². The summed E-state index contributed by atoms with van der Waals surface area (Å²) in [5, 5.41) is 3.21. The van der Waals surface area contributed by atoms with Crippen LogP contribution in [0.4, 0.5) is 5.69 Å². The van der Waals surface area contributed by atoms with E-state index >= 15 is 0 Å². The van der Waals surface area contributed by atoms with E-state index in [0.29, 0.717) is 17.4 Å². The van der Waals surface area contributed by atoms with Gasteiger partial charge in [0.2, 0.25) is 11.8 Å². The molecule has 0 fully saturated rings. The monoisotopic (exact) mass is 633 g/mol. The minimum Gasteiger partial charge on any atom is -0.494 e. The lowest BCUT2D eigenvalue weighted by atomic mass is 10.0. The van der Waals surface area contributed by atoms with E-state index < -0.39 is 28.5 Å². The van der Waals surface area contributed by atoms with Crippen molar-refractivity contribution in [3.8, 4) is 5.75 Å². The van der Waals surface area contributed by atoms with Gasteiger partial charge >= 0.3 is 0 Å². The van der Waals surface area contributed by atoms with Gasteiger partial charge in [-0.1, -0.05) is 71.8 Å². The Morgan fingerprint density at radius 3 is 2.09 bits per heavy atom. The number of benzene rings is 4. The van der Waals surface area contributed by atoms with Gasteiger partial charge in [0.15, 0.2) is 0 Å². The van der Waals surface area contributed by atoms with E-state index in [1.807, 2.05) is 44.2 Å². The Balaban J connectivity index is 1.78. The van der Waals surface area contributed by atoms with Crippen molar-refractivity contribution in [2.45, 2.75) is 37.8 Å². The zero-order chi connectivity index (χ0) is 31.7. The number of anilines is 1. The first kappa shape index (κ1) is 32.6. The zero-order valence-corrected chi connectivity index (χ0v) is 26.5. The molecule has 0 spiro atoms. The number of ether oxygens (including phenoxy) is 1. The van der Waals surface area contributed by atoms with Crippen molar-refractivity contribution >= 4 is 39.1 Å². The molecule has 44 heavy (non-hydrogen) atoms. The normalized spacial score (nSPS) is 11.8. The zero-order valence-electron chi connectivity index (χ0n) is 24.9. The second-order valence-corrected chi connectivity index (χ2v) is 12.5. The van der Waals surface area contributed by atoms with Crippen LogP contribution >= 0.6 is 11.6 Å². The lowest BCUT2D eigenvalue weighted by molar-refractivity contribution is -0.139. The van der Waals surface area contributed by atoms with Crippen molar-refractivity contribution in [2.24, 2.45) is 0 Å². The fourth-order valence-corrected chi connectivity index (χ4v) is 6.29. The first-order valence-corrected chi connectivity index (χ1v) is 16.1. The highest BCUT2D eigenvalue weighted by Gasteiger charge is 2.34. The topological polar surface area (TPSA) is 96.0 Å². The lowest BCUT2D eigenvalue weighted by Gasteiger charge is -2.33. The Hall–Kier alpha value is -4.34. The largest absolute Gasteiger partial charge is 0.494 e. The molecule has 2 amide bonds. The fraction of sp³-hybridized carbons (Fsp3) is 0.235. The Kier molecular flexibility index (Phi) is 11.0. The smallest absolute Gasteiger partial charge is 0.264 e. The molecule has 0 radical (unpaired) electrons.